The lowest BCUT2D eigenvalue weighted by molar-refractivity contribution is -0.151. The highest BCUT2D eigenvalue weighted by molar-refractivity contribution is 5.75. The molecule has 0 spiro atoms. The average Bonchev–Trinajstić information content (AvgIpc) is 3.21. The van der Waals surface area contributed by atoms with Crippen LogP contribution in [0.2, 0.25) is 0 Å². The summed E-state index contributed by atoms with van der Waals surface area (Å²) in [6.45, 7) is 12.1. The van der Waals surface area contributed by atoms with E-state index in [9.17, 15) is 24.9 Å². The van der Waals surface area contributed by atoms with E-state index in [4.69, 9.17) is 0 Å². The Kier molecular flexibility index (Phi) is 40.4. The zero-order chi connectivity index (χ0) is 42.8. The fraction of sp³-hybridized carbons (Fsp3) is 0.962. The van der Waals surface area contributed by atoms with Gasteiger partial charge in [0, 0.05) is 6.54 Å². The largest absolute Gasteiger partial charge is 0.481 e. The number of carboxylic acid groups (broad SMARTS) is 2. The van der Waals surface area contributed by atoms with Gasteiger partial charge in [0.15, 0.2) is 0 Å². The average molecular weight is 822 g/mol. The van der Waals surface area contributed by atoms with Gasteiger partial charge in [0.2, 0.25) is 0 Å². The van der Waals surface area contributed by atoms with Gasteiger partial charge in [-0.3, -0.25) is 9.59 Å². The van der Waals surface area contributed by atoms with E-state index in [0.29, 0.717) is 0 Å². The Morgan fingerprint density at radius 1 is 0.328 bits per heavy atom. The van der Waals surface area contributed by atoms with Crippen molar-refractivity contribution in [3.8, 4) is 0 Å². The van der Waals surface area contributed by atoms with E-state index in [-0.39, 0.29) is 6.61 Å². The third kappa shape index (κ3) is 30.8. The summed E-state index contributed by atoms with van der Waals surface area (Å²) in [5.74, 6) is -1.08. The highest BCUT2D eigenvalue weighted by Crippen LogP contribution is 2.39. The van der Waals surface area contributed by atoms with E-state index in [2.05, 4.69) is 32.6 Å². The monoisotopic (exact) mass is 822 g/mol. The van der Waals surface area contributed by atoms with E-state index < -0.39 is 22.8 Å². The summed E-state index contributed by atoms with van der Waals surface area (Å²) in [4.78, 5) is 27.7. The van der Waals surface area contributed by atoms with Gasteiger partial charge in [0.1, 0.15) is 0 Å². The standard InChI is InChI=1S/C52H103NO5/c1-5-9-13-17-25-33-41-51(49(55)56,39-31-15-11-7-3)43-35-27-21-19-23-29-37-45-53(47-48-54)46-38-30-24-20-22-28-36-44-52(50(57)58,40-32-16-12-8-4)42-34-26-18-14-10-6-2/h54H,5-48H2,1-4H3,(H,55,56)(H,57,58). The van der Waals surface area contributed by atoms with Crippen LogP contribution in [0.3, 0.4) is 0 Å². The van der Waals surface area contributed by atoms with Gasteiger partial charge in [-0.2, -0.15) is 0 Å². The predicted octanol–water partition coefficient (Wildman–Crippen LogP) is 16.1. The molecular weight excluding hydrogens is 719 g/mol. The second-order valence-corrected chi connectivity index (χ2v) is 18.8. The molecule has 2 unspecified atom stereocenters. The Morgan fingerprint density at radius 3 is 0.759 bits per heavy atom. The lowest BCUT2D eigenvalue weighted by Crippen LogP contribution is -2.31. The Morgan fingerprint density at radius 2 is 0.534 bits per heavy atom. The van der Waals surface area contributed by atoms with Gasteiger partial charge in [-0.05, 0) is 64.5 Å². The summed E-state index contributed by atoms with van der Waals surface area (Å²) in [5.41, 5.74) is -1.02. The lowest BCUT2D eigenvalue weighted by atomic mass is 9.74. The summed E-state index contributed by atoms with van der Waals surface area (Å²) in [5, 5.41) is 30.5. The summed E-state index contributed by atoms with van der Waals surface area (Å²) < 4.78 is 0. The number of hydrogen-bond donors (Lipinski definition) is 3. The zero-order valence-electron chi connectivity index (χ0n) is 39.7. The van der Waals surface area contributed by atoms with Crippen LogP contribution in [0.5, 0.6) is 0 Å². The second-order valence-electron chi connectivity index (χ2n) is 18.8. The number of aliphatic carboxylic acids is 2. The molecule has 346 valence electrons. The molecule has 6 heteroatoms. The van der Waals surface area contributed by atoms with Crippen molar-refractivity contribution in [3.63, 3.8) is 0 Å². The van der Waals surface area contributed by atoms with Crippen molar-refractivity contribution in [1.82, 2.24) is 4.90 Å². The highest BCUT2D eigenvalue weighted by atomic mass is 16.4. The first kappa shape index (κ1) is 56.9. The van der Waals surface area contributed by atoms with Crippen LogP contribution in [0.4, 0.5) is 0 Å². The first-order chi connectivity index (χ1) is 28.3. The Balaban J connectivity index is 4.38. The van der Waals surface area contributed by atoms with Crippen LogP contribution in [0.15, 0.2) is 0 Å². The highest BCUT2D eigenvalue weighted by Gasteiger charge is 2.37. The van der Waals surface area contributed by atoms with E-state index in [0.717, 1.165) is 122 Å². The minimum Gasteiger partial charge on any atom is -0.481 e. The van der Waals surface area contributed by atoms with Crippen LogP contribution in [0, 0.1) is 10.8 Å². The molecule has 0 bridgehead atoms. The predicted molar refractivity (Wildman–Crippen MR) is 251 cm³/mol. The Hall–Kier alpha value is -1.14. The molecule has 0 fully saturated rings. The van der Waals surface area contributed by atoms with Crippen molar-refractivity contribution in [2.24, 2.45) is 10.8 Å². The number of aliphatic hydroxyl groups excluding tert-OH is 1. The van der Waals surface area contributed by atoms with E-state index in [1.807, 2.05) is 0 Å². The summed E-state index contributed by atoms with van der Waals surface area (Å²) in [6.07, 6.45) is 45.7. The maximum atomic E-state index is 12.6. The molecule has 0 aliphatic carbocycles. The molecule has 0 amide bonds. The molecule has 58 heavy (non-hydrogen) atoms. The van der Waals surface area contributed by atoms with Gasteiger partial charge in [-0.1, -0.05) is 233 Å². The molecule has 2 atom stereocenters. The van der Waals surface area contributed by atoms with Crippen LogP contribution >= 0.6 is 0 Å². The number of nitrogens with zero attached hydrogens (tertiary/aromatic N) is 1. The van der Waals surface area contributed by atoms with E-state index in [1.54, 1.807) is 0 Å². The smallest absolute Gasteiger partial charge is 0.309 e. The van der Waals surface area contributed by atoms with Gasteiger partial charge in [-0.25, -0.2) is 0 Å². The normalized spacial score (nSPS) is 13.9. The Labute approximate surface area is 362 Å². The van der Waals surface area contributed by atoms with Crippen LogP contribution in [0.1, 0.15) is 285 Å². The van der Waals surface area contributed by atoms with Crippen molar-refractivity contribution in [1.29, 1.82) is 0 Å². The molecule has 3 N–H and O–H groups in total. The molecule has 0 saturated carbocycles. The van der Waals surface area contributed by atoms with Gasteiger partial charge >= 0.3 is 11.9 Å². The molecule has 0 saturated heterocycles. The van der Waals surface area contributed by atoms with Gasteiger partial charge < -0.3 is 20.2 Å². The minimum atomic E-state index is -0.539. The minimum absolute atomic E-state index is 0.227. The topological polar surface area (TPSA) is 98.1 Å². The van der Waals surface area contributed by atoms with E-state index >= 15 is 0 Å². The molecule has 0 aliphatic rings. The van der Waals surface area contributed by atoms with Crippen molar-refractivity contribution in [3.05, 3.63) is 0 Å². The van der Waals surface area contributed by atoms with Crippen molar-refractivity contribution in [2.75, 3.05) is 26.2 Å². The molecule has 0 rings (SSSR count). The molecule has 0 aliphatic heterocycles. The first-order valence-corrected chi connectivity index (χ1v) is 26.1. The molecule has 0 heterocycles. The second kappa shape index (κ2) is 41.2. The van der Waals surface area contributed by atoms with Crippen molar-refractivity contribution in [2.45, 2.75) is 285 Å². The van der Waals surface area contributed by atoms with Crippen LogP contribution in [-0.2, 0) is 9.59 Å². The number of rotatable bonds is 48. The zero-order valence-corrected chi connectivity index (χ0v) is 39.7. The summed E-state index contributed by atoms with van der Waals surface area (Å²) >= 11 is 0. The van der Waals surface area contributed by atoms with Gasteiger partial charge in [0.05, 0.1) is 17.4 Å². The SMILES string of the molecule is CCCCCCCCC(CCCCCC)(CCCCCCCCCN(CCO)CCCCCCCCCC(CCCCCC)(CCCCCCCC)C(=O)O)C(=O)O. The molecular formula is C52H103NO5. The molecule has 0 aromatic heterocycles. The van der Waals surface area contributed by atoms with Crippen LogP contribution in [0.25, 0.3) is 0 Å². The van der Waals surface area contributed by atoms with Crippen LogP contribution in [-0.4, -0.2) is 58.4 Å². The number of carboxylic acids is 2. The number of aliphatic hydroxyl groups is 1. The maximum absolute atomic E-state index is 12.6. The van der Waals surface area contributed by atoms with Crippen molar-refractivity contribution >= 4 is 11.9 Å². The molecule has 6 nitrogen and oxygen atoms in total. The molecule has 0 radical (unpaired) electrons. The quantitative estimate of drug-likeness (QED) is 0.0529. The maximum Gasteiger partial charge on any atom is 0.309 e. The lowest BCUT2D eigenvalue weighted by Gasteiger charge is -2.30. The number of hydrogen-bond acceptors (Lipinski definition) is 4. The number of carbonyl (C=O) groups is 2. The summed E-state index contributed by atoms with van der Waals surface area (Å²) in [6, 6.07) is 0. The van der Waals surface area contributed by atoms with Crippen LogP contribution < -0.4 is 0 Å². The fourth-order valence-electron chi connectivity index (χ4n) is 9.50. The van der Waals surface area contributed by atoms with Gasteiger partial charge in [-0.15, -0.1) is 0 Å². The Bertz CT molecular complexity index is 829. The van der Waals surface area contributed by atoms with Crippen molar-refractivity contribution < 1.29 is 24.9 Å². The fourth-order valence-corrected chi connectivity index (χ4v) is 9.50. The molecule has 0 aromatic carbocycles. The van der Waals surface area contributed by atoms with E-state index in [1.165, 1.54) is 154 Å². The first-order valence-electron chi connectivity index (χ1n) is 26.1. The third-order valence-corrected chi connectivity index (χ3v) is 13.6. The third-order valence-electron chi connectivity index (χ3n) is 13.6. The van der Waals surface area contributed by atoms with Gasteiger partial charge in [0.25, 0.3) is 0 Å². The summed E-state index contributed by atoms with van der Waals surface area (Å²) in [7, 11) is 0. The molecule has 0 aromatic rings. The number of unbranched alkanes of at least 4 members (excludes halogenated alkanes) is 28.